The van der Waals surface area contributed by atoms with Crippen LogP contribution in [0.5, 0.6) is 0 Å². The zero-order valence-corrected chi connectivity index (χ0v) is 16.7. The van der Waals surface area contributed by atoms with Gasteiger partial charge in [0.15, 0.2) is 5.96 Å². The largest absolute Gasteiger partial charge is 0.370 e. The smallest absolute Gasteiger partial charge is 0.252 e. The van der Waals surface area contributed by atoms with Gasteiger partial charge in [0, 0.05) is 24.6 Å². The number of guanidine groups is 1. The molecule has 0 aliphatic carbocycles. The molecule has 0 fully saturated rings. The molecule has 4 N–H and O–H groups in total. The minimum absolute atomic E-state index is 0. The number of nitrogens with one attached hydrogen (secondary N) is 2. The maximum Gasteiger partial charge on any atom is 0.252 e. The Morgan fingerprint density at radius 1 is 1.28 bits per heavy atom. The lowest BCUT2D eigenvalue weighted by Gasteiger charge is -2.10. The first-order valence-electron chi connectivity index (χ1n) is 7.91. The molecule has 0 spiro atoms. The Morgan fingerprint density at radius 3 is 2.76 bits per heavy atom. The number of hydrogen-bond donors (Lipinski definition) is 3. The molecule has 2 aromatic rings. The van der Waals surface area contributed by atoms with E-state index in [9.17, 15) is 4.79 Å². The van der Waals surface area contributed by atoms with Crippen LogP contribution in [0.25, 0.3) is 0 Å². The van der Waals surface area contributed by atoms with Gasteiger partial charge in [0.2, 0.25) is 0 Å². The maximum atomic E-state index is 11.8. The van der Waals surface area contributed by atoms with Crippen LogP contribution in [0.3, 0.4) is 0 Å². The molecule has 6 nitrogen and oxygen atoms in total. The number of nitrogens with two attached hydrogens (primary N) is 1. The van der Waals surface area contributed by atoms with E-state index in [4.69, 9.17) is 5.73 Å². The van der Waals surface area contributed by atoms with Gasteiger partial charge >= 0.3 is 0 Å². The van der Waals surface area contributed by atoms with E-state index >= 15 is 0 Å². The van der Waals surface area contributed by atoms with E-state index in [2.05, 4.69) is 46.6 Å². The molecule has 1 aromatic carbocycles. The normalized spacial score (nSPS) is 10.9. The molecular weight excluding hydrogens is 429 g/mol. The average Bonchev–Trinajstić information content (AvgIpc) is 2.59. The SMILES string of the molecule is CC(C)c1cccc(NC(N)=NCCNC(=O)c2cccnc2)c1.I. The van der Waals surface area contributed by atoms with Crippen LogP contribution in [0.4, 0.5) is 5.69 Å². The Morgan fingerprint density at radius 2 is 2.08 bits per heavy atom. The first kappa shape index (κ1) is 20.9. The van der Waals surface area contributed by atoms with Gasteiger partial charge in [-0.25, -0.2) is 0 Å². The third-order valence-corrected chi connectivity index (χ3v) is 3.43. The van der Waals surface area contributed by atoms with Gasteiger partial charge in [-0.05, 0) is 35.7 Å². The van der Waals surface area contributed by atoms with Gasteiger partial charge in [-0.2, -0.15) is 0 Å². The fraction of sp³-hybridized carbons (Fsp3) is 0.278. The molecule has 0 saturated carbocycles. The van der Waals surface area contributed by atoms with Crippen LogP contribution in [-0.4, -0.2) is 29.9 Å². The van der Waals surface area contributed by atoms with Crippen molar-refractivity contribution >= 4 is 41.5 Å². The number of hydrogen-bond acceptors (Lipinski definition) is 3. The van der Waals surface area contributed by atoms with Gasteiger partial charge in [-0.15, -0.1) is 24.0 Å². The van der Waals surface area contributed by atoms with Gasteiger partial charge in [-0.3, -0.25) is 14.8 Å². The van der Waals surface area contributed by atoms with Crippen molar-refractivity contribution in [3.63, 3.8) is 0 Å². The quantitative estimate of drug-likeness (QED) is 0.272. The Kier molecular flexibility index (Phi) is 8.90. The highest BCUT2D eigenvalue weighted by Gasteiger charge is 2.04. The van der Waals surface area contributed by atoms with Gasteiger partial charge in [0.05, 0.1) is 12.1 Å². The van der Waals surface area contributed by atoms with Gasteiger partial charge in [0.1, 0.15) is 0 Å². The summed E-state index contributed by atoms with van der Waals surface area (Å²) in [5.41, 5.74) is 8.54. The Bertz CT molecular complexity index is 704. The van der Waals surface area contributed by atoms with Crippen LogP contribution in [-0.2, 0) is 0 Å². The third kappa shape index (κ3) is 7.08. The molecule has 0 atom stereocenters. The molecule has 134 valence electrons. The van der Waals surface area contributed by atoms with Crippen LogP contribution in [0.15, 0.2) is 53.8 Å². The van der Waals surface area contributed by atoms with Crippen molar-refractivity contribution in [2.24, 2.45) is 10.7 Å². The predicted molar refractivity (Wildman–Crippen MR) is 113 cm³/mol. The van der Waals surface area contributed by atoms with Crippen molar-refractivity contribution in [1.29, 1.82) is 0 Å². The molecule has 1 aromatic heterocycles. The van der Waals surface area contributed by atoms with Gasteiger partial charge in [0.25, 0.3) is 5.91 Å². The predicted octanol–water partition coefficient (Wildman–Crippen LogP) is 2.98. The summed E-state index contributed by atoms with van der Waals surface area (Å²) >= 11 is 0. The zero-order chi connectivity index (χ0) is 17.4. The fourth-order valence-electron chi connectivity index (χ4n) is 2.11. The van der Waals surface area contributed by atoms with Crippen LogP contribution in [0.2, 0.25) is 0 Å². The lowest BCUT2D eigenvalue weighted by Crippen LogP contribution is -2.28. The number of anilines is 1. The van der Waals surface area contributed by atoms with Crippen LogP contribution < -0.4 is 16.4 Å². The molecule has 0 unspecified atom stereocenters. The molecule has 1 amide bonds. The number of amides is 1. The monoisotopic (exact) mass is 453 g/mol. The summed E-state index contributed by atoms with van der Waals surface area (Å²) in [6.07, 6.45) is 3.15. The topological polar surface area (TPSA) is 92.4 Å². The van der Waals surface area contributed by atoms with Crippen molar-refractivity contribution in [3.8, 4) is 0 Å². The van der Waals surface area contributed by atoms with Gasteiger partial charge < -0.3 is 16.4 Å². The number of rotatable bonds is 6. The number of nitrogens with zero attached hydrogens (tertiary/aromatic N) is 2. The zero-order valence-electron chi connectivity index (χ0n) is 14.4. The molecule has 0 aliphatic heterocycles. The second-order valence-corrected chi connectivity index (χ2v) is 5.67. The van der Waals surface area contributed by atoms with Crippen molar-refractivity contribution in [2.75, 3.05) is 18.4 Å². The Labute approximate surface area is 165 Å². The molecule has 7 heteroatoms. The standard InChI is InChI=1S/C18H23N5O.HI/c1-13(2)14-5-3-7-16(11-14)23-18(19)22-10-9-21-17(24)15-6-4-8-20-12-15;/h3-8,11-13H,9-10H2,1-2H3,(H,21,24)(H3,19,22,23);1H. The number of aliphatic imine (C=N–C) groups is 1. The molecule has 0 aliphatic rings. The van der Waals surface area contributed by atoms with E-state index in [-0.39, 0.29) is 29.9 Å². The second-order valence-electron chi connectivity index (χ2n) is 5.67. The number of aromatic nitrogens is 1. The van der Waals surface area contributed by atoms with Crippen molar-refractivity contribution in [2.45, 2.75) is 19.8 Å². The number of carbonyl (C=O) groups is 1. The lowest BCUT2D eigenvalue weighted by atomic mass is 10.0. The maximum absolute atomic E-state index is 11.8. The highest BCUT2D eigenvalue weighted by molar-refractivity contribution is 14.0. The Balaban J connectivity index is 0.00000312. The number of benzene rings is 1. The number of carbonyl (C=O) groups excluding carboxylic acids is 1. The minimum atomic E-state index is -0.172. The van der Waals surface area contributed by atoms with E-state index in [1.807, 2.05) is 12.1 Å². The third-order valence-electron chi connectivity index (χ3n) is 3.43. The molecular formula is C18H24IN5O. The van der Waals surface area contributed by atoms with E-state index < -0.39 is 0 Å². The second kappa shape index (κ2) is 10.7. The summed E-state index contributed by atoms with van der Waals surface area (Å²) in [6, 6.07) is 11.5. The number of pyridine rings is 1. The van der Waals surface area contributed by atoms with E-state index in [0.717, 1.165) is 5.69 Å². The lowest BCUT2D eigenvalue weighted by molar-refractivity contribution is 0.0954. The van der Waals surface area contributed by atoms with Gasteiger partial charge in [-0.1, -0.05) is 26.0 Å². The van der Waals surface area contributed by atoms with Crippen LogP contribution in [0, 0.1) is 0 Å². The van der Waals surface area contributed by atoms with E-state index in [1.165, 1.54) is 11.8 Å². The van der Waals surface area contributed by atoms with Crippen LogP contribution in [0.1, 0.15) is 35.7 Å². The first-order valence-corrected chi connectivity index (χ1v) is 7.91. The van der Waals surface area contributed by atoms with E-state index in [0.29, 0.717) is 30.5 Å². The fourth-order valence-corrected chi connectivity index (χ4v) is 2.11. The van der Waals surface area contributed by atoms with Crippen LogP contribution >= 0.6 is 24.0 Å². The van der Waals surface area contributed by atoms with Crippen molar-refractivity contribution in [1.82, 2.24) is 10.3 Å². The van der Waals surface area contributed by atoms with Crippen molar-refractivity contribution in [3.05, 3.63) is 59.9 Å². The summed E-state index contributed by atoms with van der Waals surface area (Å²) in [5, 5.41) is 5.83. The molecule has 0 radical (unpaired) electrons. The molecule has 0 saturated heterocycles. The highest BCUT2D eigenvalue weighted by Crippen LogP contribution is 2.18. The minimum Gasteiger partial charge on any atom is -0.370 e. The summed E-state index contributed by atoms with van der Waals surface area (Å²) < 4.78 is 0. The molecule has 2 rings (SSSR count). The van der Waals surface area contributed by atoms with Crippen molar-refractivity contribution < 1.29 is 4.79 Å². The molecule has 0 bridgehead atoms. The summed E-state index contributed by atoms with van der Waals surface area (Å²) in [6.45, 7) is 5.08. The Hall–Kier alpha value is -2.16. The summed E-state index contributed by atoms with van der Waals surface area (Å²) in [5.74, 6) is 0.605. The molecule has 25 heavy (non-hydrogen) atoms. The summed E-state index contributed by atoms with van der Waals surface area (Å²) in [4.78, 5) is 20.0. The number of halogens is 1. The average molecular weight is 453 g/mol. The van der Waals surface area contributed by atoms with E-state index in [1.54, 1.807) is 18.3 Å². The molecule has 1 heterocycles. The summed E-state index contributed by atoms with van der Waals surface area (Å²) in [7, 11) is 0. The highest BCUT2D eigenvalue weighted by atomic mass is 127. The first-order chi connectivity index (χ1) is 11.6.